The third kappa shape index (κ3) is 4.63. The molecule has 78 valence electrons. The van der Waals surface area contributed by atoms with Gasteiger partial charge in [0.05, 0.1) is 0 Å². The standard InChI is InChI=1S/C10H19NO.ClH/c1-2-9(11)7-8-3-5-10(12)6-4-8;/h8-9H,2-7,11H2,1H3;1H. The van der Waals surface area contributed by atoms with Gasteiger partial charge in [0.2, 0.25) is 0 Å². The fourth-order valence-electron chi connectivity index (χ4n) is 1.83. The normalized spacial score (nSPS) is 20.9. The van der Waals surface area contributed by atoms with Gasteiger partial charge in [-0.15, -0.1) is 12.4 Å². The van der Waals surface area contributed by atoms with Crippen LogP contribution in [0.3, 0.4) is 0 Å². The second-order valence-electron chi connectivity index (χ2n) is 3.89. The van der Waals surface area contributed by atoms with Crippen molar-refractivity contribution >= 4 is 18.2 Å². The number of Topliss-reactive ketones (excluding diaryl/α,β-unsaturated/α-hetero) is 1. The lowest BCUT2D eigenvalue weighted by Crippen LogP contribution is -2.25. The fourth-order valence-corrected chi connectivity index (χ4v) is 1.83. The molecule has 0 heterocycles. The Morgan fingerprint density at radius 3 is 2.46 bits per heavy atom. The number of hydrogen-bond acceptors (Lipinski definition) is 2. The van der Waals surface area contributed by atoms with Gasteiger partial charge in [-0.1, -0.05) is 6.92 Å². The Balaban J connectivity index is 0.00000144. The van der Waals surface area contributed by atoms with Crippen molar-refractivity contribution in [1.82, 2.24) is 0 Å². The molecule has 0 aromatic heterocycles. The summed E-state index contributed by atoms with van der Waals surface area (Å²) < 4.78 is 0. The van der Waals surface area contributed by atoms with E-state index in [1.807, 2.05) is 0 Å². The van der Waals surface area contributed by atoms with Gasteiger partial charge in [0.15, 0.2) is 0 Å². The molecule has 1 unspecified atom stereocenters. The zero-order valence-corrected chi connectivity index (χ0v) is 9.11. The first-order valence-electron chi connectivity index (χ1n) is 4.99. The maximum atomic E-state index is 10.9. The molecule has 0 radical (unpaired) electrons. The lowest BCUT2D eigenvalue weighted by atomic mass is 9.84. The first-order chi connectivity index (χ1) is 5.72. The van der Waals surface area contributed by atoms with Crippen molar-refractivity contribution < 1.29 is 4.79 Å². The van der Waals surface area contributed by atoms with Crippen LogP contribution in [0.15, 0.2) is 0 Å². The van der Waals surface area contributed by atoms with Crippen LogP contribution in [0.1, 0.15) is 45.4 Å². The molecule has 1 atom stereocenters. The molecular formula is C10H20ClNO. The van der Waals surface area contributed by atoms with E-state index in [-0.39, 0.29) is 12.4 Å². The molecule has 1 saturated carbocycles. The fraction of sp³-hybridized carbons (Fsp3) is 0.900. The minimum Gasteiger partial charge on any atom is -0.328 e. The maximum absolute atomic E-state index is 10.9. The number of carbonyl (C=O) groups is 1. The van der Waals surface area contributed by atoms with Gasteiger partial charge in [-0.3, -0.25) is 4.79 Å². The highest BCUT2D eigenvalue weighted by molar-refractivity contribution is 5.85. The van der Waals surface area contributed by atoms with Crippen LogP contribution in [-0.2, 0) is 4.79 Å². The molecule has 0 bridgehead atoms. The molecule has 0 aliphatic heterocycles. The number of hydrogen-bond donors (Lipinski definition) is 1. The summed E-state index contributed by atoms with van der Waals surface area (Å²) in [6.07, 6.45) is 5.91. The Hall–Kier alpha value is -0.0800. The summed E-state index contributed by atoms with van der Waals surface area (Å²) in [7, 11) is 0. The maximum Gasteiger partial charge on any atom is 0.132 e. The molecule has 1 rings (SSSR count). The van der Waals surface area contributed by atoms with Gasteiger partial charge in [-0.05, 0) is 31.6 Å². The van der Waals surface area contributed by atoms with E-state index in [4.69, 9.17) is 5.73 Å². The van der Waals surface area contributed by atoms with Crippen molar-refractivity contribution in [1.29, 1.82) is 0 Å². The molecule has 3 heteroatoms. The lowest BCUT2D eigenvalue weighted by Gasteiger charge is -2.23. The summed E-state index contributed by atoms with van der Waals surface area (Å²) in [6.45, 7) is 2.12. The minimum absolute atomic E-state index is 0. The number of halogens is 1. The Morgan fingerprint density at radius 1 is 1.46 bits per heavy atom. The van der Waals surface area contributed by atoms with Gasteiger partial charge in [-0.2, -0.15) is 0 Å². The van der Waals surface area contributed by atoms with Gasteiger partial charge in [-0.25, -0.2) is 0 Å². The van der Waals surface area contributed by atoms with E-state index < -0.39 is 0 Å². The number of ketones is 1. The predicted molar refractivity (Wildman–Crippen MR) is 57.1 cm³/mol. The molecule has 0 spiro atoms. The van der Waals surface area contributed by atoms with Crippen LogP contribution >= 0.6 is 12.4 Å². The first-order valence-corrected chi connectivity index (χ1v) is 4.99. The topological polar surface area (TPSA) is 43.1 Å². The highest BCUT2D eigenvalue weighted by Gasteiger charge is 2.19. The van der Waals surface area contributed by atoms with E-state index >= 15 is 0 Å². The van der Waals surface area contributed by atoms with E-state index in [9.17, 15) is 4.79 Å². The Kier molecular flexibility index (Phi) is 6.35. The third-order valence-electron chi connectivity index (χ3n) is 2.82. The molecular weight excluding hydrogens is 186 g/mol. The number of carbonyl (C=O) groups excluding carboxylic acids is 1. The van der Waals surface area contributed by atoms with Gasteiger partial charge in [0.1, 0.15) is 5.78 Å². The number of nitrogens with two attached hydrogens (primary N) is 1. The van der Waals surface area contributed by atoms with Crippen molar-refractivity contribution in [3.8, 4) is 0 Å². The summed E-state index contributed by atoms with van der Waals surface area (Å²) in [4.78, 5) is 10.9. The zero-order valence-electron chi connectivity index (χ0n) is 8.29. The molecule has 1 fully saturated rings. The summed E-state index contributed by atoms with van der Waals surface area (Å²) >= 11 is 0. The Bertz CT molecular complexity index is 151. The second kappa shape index (κ2) is 6.39. The van der Waals surface area contributed by atoms with E-state index in [0.717, 1.165) is 44.4 Å². The molecule has 2 nitrogen and oxygen atoms in total. The van der Waals surface area contributed by atoms with Crippen molar-refractivity contribution in [3.05, 3.63) is 0 Å². The van der Waals surface area contributed by atoms with Crippen LogP contribution in [-0.4, -0.2) is 11.8 Å². The minimum atomic E-state index is 0. The summed E-state index contributed by atoms with van der Waals surface area (Å²) in [5, 5.41) is 0. The van der Waals surface area contributed by atoms with E-state index in [2.05, 4.69) is 6.92 Å². The molecule has 1 aliphatic carbocycles. The highest BCUT2D eigenvalue weighted by Crippen LogP contribution is 2.25. The van der Waals surface area contributed by atoms with Crippen LogP contribution in [0.4, 0.5) is 0 Å². The average Bonchev–Trinajstić information content (AvgIpc) is 2.09. The van der Waals surface area contributed by atoms with Gasteiger partial charge in [0, 0.05) is 18.9 Å². The molecule has 1 aliphatic rings. The molecule has 0 aromatic rings. The molecule has 0 aromatic carbocycles. The smallest absolute Gasteiger partial charge is 0.132 e. The molecule has 13 heavy (non-hydrogen) atoms. The Labute approximate surface area is 86.7 Å². The first kappa shape index (κ1) is 12.9. The van der Waals surface area contributed by atoms with Crippen molar-refractivity contribution in [2.24, 2.45) is 11.7 Å². The molecule has 0 saturated heterocycles. The summed E-state index contributed by atoms with van der Waals surface area (Å²) in [5.41, 5.74) is 5.85. The summed E-state index contributed by atoms with van der Waals surface area (Å²) in [6, 6.07) is 0.350. The quantitative estimate of drug-likeness (QED) is 0.769. The van der Waals surface area contributed by atoms with Gasteiger partial charge < -0.3 is 5.73 Å². The van der Waals surface area contributed by atoms with Crippen LogP contribution in [0.5, 0.6) is 0 Å². The largest absolute Gasteiger partial charge is 0.328 e. The van der Waals surface area contributed by atoms with Crippen molar-refractivity contribution in [3.63, 3.8) is 0 Å². The van der Waals surface area contributed by atoms with E-state index in [1.54, 1.807) is 0 Å². The average molecular weight is 206 g/mol. The van der Waals surface area contributed by atoms with Crippen molar-refractivity contribution in [2.45, 2.75) is 51.5 Å². The van der Waals surface area contributed by atoms with E-state index in [1.165, 1.54) is 0 Å². The van der Waals surface area contributed by atoms with Gasteiger partial charge >= 0.3 is 0 Å². The lowest BCUT2D eigenvalue weighted by molar-refractivity contribution is -0.121. The monoisotopic (exact) mass is 205 g/mol. The van der Waals surface area contributed by atoms with E-state index in [0.29, 0.717) is 11.8 Å². The Morgan fingerprint density at radius 2 is 2.00 bits per heavy atom. The van der Waals surface area contributed by atoms with Crippen LogP contribution in [0, 0.1) is 5.92 Å². The predicted octanol–water partition coefficient (Wildman–Crippen LogP) is 2.29. The van der Waals surface area contributed by atoms with Crippen LogP contribution in [0.25, 0.3) is 0 Å². The van der Waals surface area contributed by atoms with Gasteiger partial charge in [0.25, 0.3) is 0 Å². The highest BCUT2D eigenvalue weighted by atomic mass is 35.5. The van der Waals surface area contributed by atoms with Crippen LogP contribution < -0.4 is 5.73 Å². The SMILES string of the molecule is CCC(N)CC1CCC(=O)CC1.Cl. The van der Waals surface area contributed by atoms with Crippen LogP contribution in [0.2, 0.25) is 0 Å². The molecule has 0 amide bonds. The van der Waals surface area contributed by atoms with Crippen molar-refractivity contribution in [2.75, 3.05) is 0 Å². The zero-order chi connectivity index (χ0) is 8.97. The summed E-state index contributed by atoms with van der Waals surface area (Å²) in [5.74, 6) is 1.16. The number of rotatable bonds is 3. The second-order valence-corrected chi connectivity index (χ2v) is 3.89. The third-order valence-corrected chi connectivity index (χ3v) is 2.82. The molecule has 2 N–H and O–H groups in total.